The van der Waals surface area contributed by atoms with E-state index in [1.165, 1.54) is 11.8 Å². The standard InChI is InChI=1S/C10H10F3NO2S/c11-10(12,13)7-16-14-9(15)6-17-8-4-2-1-3-5-8/h1-5H,6-7H2,(H,14,15). The van der Waals surface area contributed by atoms with E-state index in [1.54, 1.807) is 29.7 Å². The number of carbonyl (C=O) groups excluding carboxylic acids is 1. The Balaban J connectivity index is 2.18. The number of hydrogen-bond donors (Lipinski definition) is 1. The molecule has 0 aromatic heterocycles. The summed E-state index contributed by atoms with van der Waals surface area (Å²) >= 11 is 1.21. The third-order valence-electron chi connectivity index (χ3n) is 1.53. The minimum atomic E-state index is -4.44. The second-order valence-corrected chi connectivity index (χ2v) is 4.08. The van der Waals surface area contributed by atoms with Gasteiger partial charge in [0.15, 0.2) is 6.61 Å². The Bertz CT molecular complexity index is 356. The average Bonchev–Trinajstić information content (AvgIpc) is 2.26. The summed E-state index contributed by atoms with van der Waals surface area (Å²) < 4.78 is 35.0. The van der Waals surface area contributed by atoms with Gasteiger partial charge in [-0.3, -0.25) is 9.63 Å². The third-order valence-corrected chi connectivity index (χ3v) is 2.55. The lowest BCUT2D eigenvalue weighted by atomic mass is 10.4. The van der Waals surface area contributed by atoms with Crippen LogP contribution in [0.3, 0.4) is 0 Å². The first kappa shape index (κ1) is 13.9. The Labute approximate surface area is 100 Å². The number of rotatable bonds is 5. The van der Waals surface area contributed by atoms with Crippen LogP contribution >= 0.6 is 11.8 Å². The Morgan fingerprint density at radius 3 is 2.53 bits per heavy atom. The van der Waals surface area contributed by atoms with Crippen molar-refractivity contribution in [3.05, 3.63) is 30.3 Å². The monoisotopic (exact) mass is 265 g/mol. The molecule has 0 unspecified atom stereocenters. The molecule has 1 aromatic carbocycles. The molecule has 0 heterocycles. The van der Waals surface area contributed by atoms with E-state index in [4.69, 9.17) is 0 Å². The van der Waals surface area contributed by atoms with Gasteiger partial charge in [-0.1, -0.05) is 18.2 Å². The minimum absolute atomic E-state index is 0.00186. The highest BCUT2D eigenvalue weighted by Gasteiger charge is 2.28. The van der Waals surface area contributed by atoms with Crippen molar-refractivity contribution in [1.82, 2.24) is 5.48 Å². The van der Waals surface area contributed by atoms with Crippen molar-refractivity contribution >= 4 is 17.7 Å². The summed E-state index contributed by atoms with van der Waals surface area (Å²) in [6.07, 6.45) is -4.44. The number of hydrogen-bond acceptors (Lipinski definition) is 3. The molecule has 0 saturated heterocycles. The summed E-state index contributed by atoms with van der Waals surface area (Å²) in [5, 5.41) is 0. The third kappa shape index (κ3) is 6.85. The predicted octanol–water partition coefficient (Wildman–Crippen LogP) is 2.39. The van der Waals surface area contributed by atoms with Crippen LogP contribution in [0.25, 0.3) is 0 Å². The SMILES string of the molecule is O=C(CSc1ccccc1)NOCC(F)(F)F. The fraction of sp³-hybridized carbons (Fsp3) is 0.300. The van der Waals surface area contributed by atoms with Crippen LogP contribution in [-0.4, -0.2) is 24.4 Å². The lowest BCUT2D eigenvalue weighted by Gasteiger charge is -2.08. The van der Waals surface area contributed by atoms with Crippen LogP contribution in [0.2, 0.25) is 0 Å². The Hall–Kier alpha value is -1.21. The van der Waals surface area contributed by atoms with Crippen molar-refractivity contribution in [1.29, 1.82) is 0 Å². The molecule has 0 atom stereocenters. The molecule has 1 rings (SSSR count). The Morgan fingerprint density at radius 1 is 1.29 bits per heavy atom. The molecule has 7 heteroatoms. The minimum Gasteiger partial charge on any atom is -0.272 e. The van der Waals surface area contributed by atoms with E-state index in [9.17, 15) is 18.0 Å². The van der Waals surface area contributed by atoms with Crippen molar-refractivity contribution in [3.8, 4) is 0 Å². The molecule has 0 saturated carbocycles. The fourth-order valence-corrected chi connectivity index (χ4v) is 1.60. The van der Waals surface area contributed by atoms with Gasteiger partial charge in [-0.05, 0) is 12.1 Å². The van der Waals surface area contributed by atoms with Gasteiger partial charge in [-0.2, -0.15) is 13.2 Å². The summed E-state index contributed by atoms with van der Waals surface area (Å²) in [6.45, 7) is -1.49. The van der Waals surface area contributed by atoms with Crippen LogP contribution in [0, 0.1) is 0 Å². The van der Waals surface area contributed by atoms with Crippen LogP contribution in [0.5, 0.6) is 0 Å². The maximum atomic E-state index is 11.7. The maximum absolute atomic E-state index is 11.7. The summed E-state index contributed by atoms with van der Waals surface area (Å²) in [4.78, 5) is 15.9. The van der Waals surface area contributed by atoms with Crippen molar-refractivity contribution in [3.63, 3.8) is 0 Å². The highest BCUT2D eigenvalue weighted by molar-refractivity contribution is 8.00. The zero-order valence-electron chi connectivity index (χ0n) is 8.66. The highest BCUT2D eigenvalue weighted by Crippen LogP contribution is 2.16. The number of alkyl halides is 3. The van der Waals surface area contributed by atoms with Gasteiger partial charge in [0.1, 0.15) is 0 Å². The van der Waals surface area contributed by atoms with Gasteiger partial charge in [-0.15, -0.1) is 11.8 Å². The molecule has 0 bridgehead atoms. The molecule has 3 nitrogen and oxygen atoms in total. The van der Waals surface area contributed by atoms with Gasteiger partial charge in [0.25, 0.3) is 5.91 Å². The number of thioether (sulfide) groups is 1. The Kier molecular flexibility index (Phi) is 5.30. The Morgan fingerprint density at radius 2 is 1.94 bits per heavy atom. The zero-order chi connectivity index (χ0) is 12.7. The first-order chi connectivity index (χ1) is 7.97. The van der Waals surface area contributed by atoms with E-state index >= 15 is 0 Å². The van der Waals surface area contributed by atoms with E-state index < -0.39 is 18.7 Å². The first-order valence-corrected chi connectivity index (χ1v) is 5.61. The van der Waals surface area contributed by atoms with Gasteiger partial charge >= 0.3 is 6.18 Å². The summed E-state index contributed by atoms with van der Waals surface area (Å²) in [6, 6.07) is 9.04. The van der Waals surface area contributed by atoms with Gasteiger partial charge < -0.3 is 0 Å². The van der Waals surface area contributed by atoms with Gasteiger partial charge in [0, 0.05) is 4.90 Å². The van der Waals surface area contributed by atoms with Crippen molar-refractivity contribution in [2.45, 2.75) is 11.1 Å². The lowest BCUT2D eigenvalue weighted by molar-refractivity contribution is -0.191. The number of halogens is 3. The molecule has 0 fully saturated rings. The average molecular weight is 265 g/mol. The van der Waals surface area contributed by atoms with Crippen LogP contribution in [-0.2, 0) is 9.63 Å². The van der Waals surface area contributed by atoms with Crippen LogP contribution in [0.1, 0.15) is 0 Å². The fourth-order valence-electron chi connectivity index (χ4n) is 0.893. The van der Waals surface area contributed by atoms with Crippen LogP contribution in [0.4, 0.5) is 13.2 Å². The number of nitrogens with one attached hydrogen (secondary N) is 1. The first-order valence-electron chi connectivity index (χ1n) is 4.62. The molecule has 0 aliphatic heterocycles. The normalized spacial score (nSPS) is 11.2. The number of hydroxylamine groups is 1. The molecule has 17 heavy (non-hydrogen) atoms. The quantitative estimate of drug-likeness (QED) is 0.656. The molecule has 1 N–H and O–H groups in total. The predicted molar refractivity (Wildman–Crippen MR) is 57.3 cm³/mol. The summed E-state index contributed by atoms with van der Waals surface area (Å²) in [5.74, 6) is -0.606. The van der Waals surface area contributed by atoms with E-state index in [1.807, 2.05) is 6.07 Å². The van der Waals surface area contributed by atoms with Crippen LogP contribution in [0.15, 0.2) is 35.2 Å². The van der Waals surface area contributed by atoms with Crippen molar-refractivity contribution in [2.24, 2.45) is 0 Å². The number of carbonyl (C=O) groups is 1. The molecule has 1 aromatic rings. The van der Waals surface area contributed by atoms with E-state index in [-0.39, 0.29) is 5.75 Å². The van der Waals surface area contributed by atoms with Crippen molar-refractivity contribution < 1.29 is 22.8 Å². The van der Waals surface area contributed by atoms with Gasteiger partial charge in [0.2, 0.25) is 0 Å². The second kappa shape index (κ2) is 6.51. The van der Waals surface area contributed by atoms with Gasteiger partial charge in [0.05, 0.1) is 5.75 Å². The zero-order valence-corrected chi connectivity index (χ0v) is 9.48. The molecular formula is C10H10F3NO2S. The van der Waals surface area contributed by atoms with Gasteiger partial charge in [-0.25, -0.2) is 5.48 Å². The maximum Gasteiger partial charge on any atom is 0.414 e. The lowest BCUT2D eigenvalue weighted by Crippen LogP contribution is -2.30. The number of amides is 1. The molecule has 0 aliphatic carbocycles. The van der Waals surface area contributed by atoms with E-state index in [0.717, 1.165) is 4.90 Å². The topological polar surface area (TPSA) is 38.3 Å². The van der Waals surface area contributed by atoms with Crippen molar-refractivity contribution in [2.75, 3.05) is 12.4 Å². The highest BCUT2D eigenvalue weighted by atomic mass is 32.2. The van der Waals surface area contributed by atoms with E-state index in [0.29, 0.717) is 0 Å². The van der Waals surface area contributed by atoms with Crippen LogP contribution < -0.4 is 5.48 Å². The smallest absolute Gasteiger partial charge is 0.272 e. The molecule has 0 radical (unpaired) electrons. The second-order valence-electron chi connectivity index (χ2n) is 3.03. The van der Waals surface area contributed by atoms with E-state index in [2.05, 4.69) is 4.84 Å². The molecule has 1 amide bonds. The summed E-state index contributed by atoms with van der Waals surface area (Å²) in [7, 11) is 0. The molecular weight excluding hydrogens is 255 g/mol. The number of benzene rings is 1. The molecule has 0 aliphatic rings. The summed E-state index contributed by atoms with van der Waals surface area (Å²) in [5.41, 5.74) is 1.73. The largest absolute Gasteiger partial charge is 0.414 e. The molecule has 0 spiro atoms. The molecule has 94 valence electrons.